The number of methoxy groups -OCH3 is 1. The van der Waals surface area contributed by atoms with Crippen molar-refractivity contribution in [2.45, 2.75) is 13.8 Å². The third kappa shape index (κ3) is 3.69. The number of carboxylic acid groups (broad SMARTS) is 1. The van der Waals surface area contributed by atoms with Gasteiger partial charge in [0.05, 0.1) is 24.6 Å². The summed E-state index contributed by atoms with van der Waals surface area (Å²) in [5, 5.41) is 14.8. The molecule has 0 radical (unpaired) electrons. The average molecular weight is 382 g/mol. The van der Waals surface area contributed by atoms with E-state index in [0.717, 1.165) is 0 Å². The lowest BCUT2D eigenvalue weighted by atomic mass is 10.1. The Hall–Kier alpha value is -3.35. The van der Waals surface area contributed by atoms with Gasteiger partial charge in [-0.2, -0.15) is 0 Å². The Balaban J connectivity index is 1.79. The zero-order valence-corrected chi connectivity index (χ0v) is 15.9. The minimum atomic E-state index is -0.992. The fourth-order valence-corrected chi connectivity index (χ4v) is 3.47. The van der Waals surface area contributed by atoms with E-state index in [9.17, 15) is 19.5 Å². The van der Waals surface area contributed by atoms with E-state index in [2.05, 4.69) is 10.6 Å². The van der Waals surface area contributed by atoms with Gasteiger partial charge in [0.25, 0.3) is 5.91 Å². The molecule has 1 aliphatic carbocycles. The summed E-state index contributed by atoms with van der Waals surface area (Å²) < 4.78 is 5.26. The van der Waals surface area contributed by atoms with Crippen LogP contribution in [0.15, 0.2) is 48.5 Å². The average Bonchev–Trinajstić information content (AvgIpc) is 3.25. The van der Waals surface area contributed by atoms with Gasteiger partial charge in [-0.1, -0.05) is 32.0 Å². The molecule has 0 heterocycles. The van der Waals surface area contributed by atoms with E-state index in [4.69, 9.17) is 4.74 Å². The van der Waals surface area contributed by atoms with Crippen LogP contribution in [0.3, 0.4) is 0 Å². The van der Waals surface area contributed by atoms with Crippen molar-refractivity contribution in [3.05, 3.63) is 54.1 Å². The summed E-state index contributed by atoms with van der Waals surface area (Å²) in [7, 11) is 1.45. The molecule has 0 bridgehead atoms. The smallest absolute Gasteiger partial charge is 0.307 e. The Morgan fingerprint density at radius 2 is 1.68 bits per heavy atom. The van der Waals surface area contributed by atoms with Crippen molar-refractivity contribution in [1.29, 1.82) is 0 Å². The number of hydrogen-bond donors (Lipinski definition) is 3. The number of para-hydroxylation sites is 1. The number of ether oxygens (including phenoxy) is 1. The molecule has 0 aliphatic heterocycles. The fourth-order valence-electron chi connectivity index (χ4n) is 3.47. The van der Waals surface area contributed by atoms with Crippen molar-refractivity contribution in [3.8, 4) is 5.75 Å². The van der Waals surface area contributed by atoms with Gasteiger partial charge in [-0.25, -0.2) is 0 Å². The number of hydrogen-bond acceptors (Lipinski definition) is 4. The summed E-state index contributed by atoms with van der Waals surface area (Å²) in [4.78, 5) is 36.4. The van der Waals surface area contributed by atoms with Gasteiger partial charge in [-0.15, -0.1) is 0 Å². The highest BCUT2D eigenvalue weighted by Crippen LogP contribution is 2.58. The van der Waals surface area contributed by atoms with Crippen molar-refractivity contribution < 1.29 is 24.2 Å². The number of nitrogens with one attached hydrogen (secondary N) is 2. The van der Waals surface area contributed by atoms with Gasteiger partial charge in [-0.3, -0.25) is 14.4 Å². The summed E-state index contributed by atoms with van der Waals surface area (Å²) in [5.74, 6) is -2.72. The van der Waals surface area contributed by atoms with Crippen LogP contribution in [0.2, 0.25) is 0 Å². The third-order valence-corrected chi connectivity index (χ3v) is 5.13. The van der Waals surface area contributed by atoms with E-state index in [0.29, 0.717) is 22.7 Å². The van der Waals surface area contributed by atoms with Gasteiger partial charge in [0, 0.05) is 11.3 Å². The standard InChI is InChI=1S/C21H22N2O5/c1-21(2)16(17(21)20(26)27)19(25)23-14-11-12(9-10-15(14)28-3)18(24)22-13-7-5-4-6-8-13/h4-11,16-17H,1-3H3,(H,22,24)(H,23,25)(H,26,27)/t16-,17+/m1/s1. The first-order valence-electron chi connectivity index (χ1n) is 8.84. The minimum Gasteiger partial charge on any atom is -0.495 e. The Kier molecular flexibility index (Phi) is 5.09. The minimum absolute atomic E-state index is 0.319. The predicted molar refractivity (Wildman–Crippen MR) is 104 cm³/mol. The highest BCUT2D eigenvalue weighted by Gasteiger charge is 2.65. The molecular weight excluding hydrogens is 360 g/mol. The fraction of sp³-hybridized carbons (Fsp3) is 0.286. The van der Waals surface area contributed by atoms with E-state index in [1.165, 1.54) is 13.2 Å². The van der Waals surface area contributed by atoms with E-state index < -0.39 is 29.1 Å². The summed E-state index contributed by atoms with van der Waals surface area (Å²) in [6, 6.07) is 13.7. The zero-order chi connectivity index (χ0) is 20.5. The zero-order valence-electron chi connectivity index (χ0n) is 15.9. The van der Waals surface area contributed by atoms with Crippen LogP contribution >= 0.6 is 0 Å². The van der Waals surface area contributed by atoms with Crippen molar-refractivity contribution in [2.24, 2.45) is 17.3 Å². The first-order valence-corrected chi connectivity index (χ1v) is 8.84. The summed E-state index contributed by atoms with van der Waals surface area (Å²) in [6.07, 6.45) is 0. The molecule has 1 fully saturated rings. The highest BCUT2D eigenvalue weighted by atomic mass is 16.5. The topological polar surface area (TPSA) is 105 Å². The highest BCUT2D eigenvalue weighted by molar-refractivity contribution is 6.06. The molecule has 1 saturated carbocycles. The Morgan fingerprint density at radius 1 is 1.00 bits per heavy atom. The lowest BCUT2D eigenvalue weighted by Crippen LogP contribution is -2.19. The lowest BCUT2D eigenvalue weighted by molar-refractivity contribution is -0.140. The first-order chi connectivity index (χ1) is 13.3. The van der Waals surface area contributed by atoms with Crippen LogP contribution in [0.4, 0.5) is 11.4 Å². The maximum Gasteiger partial charge on any atom is 0.307 e. The number of carboxylic acids is 1. The molecule has 2 amide bonds. The molecule has 0 saturated heterocycles. The van der Waals surface area contributed by atoms with Gasteiger partial charge < -0.3 is 20.5 Å². The van der Waals surface area contributed by atoms with Crippen LogP contribution in [0, 0.1) is 17.3 Å². The van der Waals surface area contributed by atoms with Crippen molar-refractivity contribution in [3.63, 3.8) is 0 Å². The molecule has 2 atom stereocenters. The quantitative estimate of drug-likeness (QED) is 0.711. The van der Waals surface area contributed by atoms with Gasteiger partial charge in [0.2, 0.25) is 5.91 Å². The summed E-state index contributed by atoms with van der Waals surface area (Å²) >= 11 is 0. The van der Waals surface area contributed by atoms with E-state index in [1.807, 2.05) is 18.2 Å². The molecule has 0 aromatic heterocycles. The van der Waals surface area contributed by atoms with Crippen LogP contribution in [-0.4, -0.2) is 30.0 Å². The molecular formula is C21H22N2O5. The number of rotatable bonds is 6. The van der Waals surface area contributed by atoms with Gasteiger partial charge >= 0.3 is 5.97 Å². The molecule has 1 aliphatic rings. The molecule has 3 rings (SSSR count). The number of benzene rings is 2. The van der Waals surface area contributed by atoms with Crippen molar-refractivity contribution in [1.82, 2.24) is 0 Å². The summed E-state index contributed by atoms with van der Waals surface area (Å²) in [6.45, 7) is 3.49. The molecule has 2 aromatic rings. The normalized spacial score (nSPS) is 19.4. The van der Waals surface area contributed by atoms with Crippen LogP contribution in [0.1, 0.15) is 24.2 Å². The van der Waals surface area contributed by atoms with E-state index in [-0.39, 0.29) is 5.91 Å². The molecule has 3 N–H and O–H groups in total. The van der Waals surface area contributed by atoms with E-state index >= 15 is 0 Å². The largest absolute Gasteiger partial charge is 0.495 e. The second-order valence-electron chi connectivity index (χ2n) is 7.34. The Morgan fingerprint density at radius 3 is 2.25 bits per heavy atom. The molecule has 7 nitrogen and oxygen atoms in total. The molecule has 7 heteroatoms. The second kappa shape index (κ2) is 7.34. The summed E-state index contributed by atoms with van der Waals surface area (Å²) in [5.41, 5.74) is 0.689. The molecule has 28 heavy (non-hydrogen) atoms. The monoisotopic (exact) mass is 382 g/mol. The van der Waals surface area contributed by atoms with Crippen LogP contribution < -0.4 is 15.4 Å². The number of amides is 2. The van der Waals surface area contributed by atoms with Gasteiger partial charge in [-0.05, 0) is 35.7 Å². The van der Waals surface area contributed by atoms with Crippen molar-refractivity contribution in [2.75, 3.05) is 17.7 Å². The third-order valence-electron chi connectivity index (χ3n) is 5.13. The predicted octanol–water partition coefficient (Wildman–Crippen LogP) is 3.24. The van der Waals surface area contributed by atoms with Crippen LogP contribution in [-0.2, 0) is 9.59 Å². The SMILES string of the molecule is COc1ccc(C(=O)Nc2ccccc2)cc1NC(=O)[C@H]1[C@@H](C(=O)O)C1(C)C. The van der Waals surface area contributed by atoms with Crippen LogP contribution in [0.25, 0.3) is 0 Å². The van der Waals surface area contributed by atoms with Crippen LogP contribution in [0.5, 0.6) is 5.75 Å². The van der Waals surface area contributed by atoms with Gasteiger partial charge in [0.1, 0.15) is 5.75 Å². The second-order valence-corrected chi connectivity index (χ2v) is 7.34. The number of carbonyl (C=O) groups is 3. The van der Waals surface area contributed by atoms with E-state index in [1.54, 1.807) is 38.1 Å². The lowest BCUT2D eigenvalue weighted by Gasteiger charge is -2.13. The van der Waals surface area contributed by atoms with Gasteiger partial charge in [0.15, 0.2) is 0 Å². The van der Waals surface area contributed by atoms with Crippen molar-refractivity contribution >= 4 is 29.2 Å². The number of aliphatic carboxylic acids is 1. The molecule has 2 aromatic carbocycles. The maximum absolute atomic E-state index is 12.6. The molecule has 146 valence electrons. The molecule has 0 spiro atoms. The Labute approximate surface area is 162 Å². The molecule has 0 unspecified atom stereocenters. The first kappa shape index (κ1) is 19.4. The Bertz CT molecular complexity index is 924. The number of carbonyl (C=O) groups excluding carboxylic acids is 2. The number of anilines is 2. The maximum atomic E-state index is 12.6.